The summed E-state index contributed by atoms with van der Waals surface area (Å²) < 4.78 is 40.6. The number of carbonyl (C=O) groups is 1. The molecule has 1 heterocycles. The Balaban J connectivity index is 2.47. The zero-order valence-electron chi connectivity index (χ0n) is 16.2. The smallest absolute Gasteiger partial charge is 0.403 e. The molecule has 2 aromatic rings. The molecule has 9 heteroatoms. The minimum atomic E-state index is -4.42. The highest BCUT2D eigenvalue weighted by Gasteiger charge is 2.31. The molecule has 1 aromatic carbocycles. The zero-order chi connectivity index (χ0) is 21.2. The number of amides is 1. The number of benzene rings is 1. The molecule has 0 saturated carbocycles. The van der Waals surface area contributed by atoms with Crippen molar-refractivity contribution in [1.82, 2.24) is 9.47 Å². The largest absolute Gasteiger partial charge is 0.416 e. The molecule has 0 saturated heterocycles. The summed E-state index contributed by atoms with van der Waals surface area (Å²) in [6, 6.07) is 3.83. The molecule has 2 rings (SSSR count). The number of hydrogen-bond donors (Lipinski definition) is 3. The van der Waals surface area contributed by atoms with Crippen LogP contribution in [-0.2, 0) is 17.5 Å². The highest BCUT2D eigenvalue weighted by molar-refractivity contribution is 5.75. The Morgan fingerprint density at radius 3 is 2.29 bits per heavy atom. The molecule has 0 fully saturated rings. The lowest BCUT2D eigenvalue weighted by atomic mass is 10.0. The number of nitrogens with two attached hydrogens (primary N) is 2. The fourth-order valence-electron chi connectivity index (χ4n) is 2.85. The normalized spacial score (nSPS) is 13.5. The van der Waals surface area contributed by atoms with E-state index in [2.05, 4.69) is 5.32 Å². The third-order valence-electron chi connectivity index (χ3n) is 4.38. The van der Waals surface area contributed by atoms with Crippen LogP contribution in [0.4, 0.5) is 18.9 Å². The Hall–Kier alpha value is -3.10. The molecule has 0 aliphatic heterocycles. The summed E-state index contributed by atoms with van der Waals surface area (Å²) in [5.41, 5.74) is 12.5. The zero-order valence-corrected chi connectivity index (χ0v) is 16.2. The van der Waals surface area contributed by atoms with E-state index in [4.69, 9.17) is 11.5 Å². The topological polar surface area (TPSA) is 89.3 Å². The molecule has 0 aliphatic carbocycles. The third-order valence-corrected chi connectivity index (χ3v) is 4.38. The van der Waals surface area contributed by atoms with Gasteiger partial charge in [0.2, 0.25) is 5.91 Å². The van der Waals surface area contributed by atoms with Crippen molar-refractivity contribution in [2.75, 3.05) is 19.4 Å². The SMILES string of the molecule is Cc1cc(C(F)(F)F)cc(C)c1N/C(N)=c1\ccn(CC(=O)N(C)C)\c1=C\N. The van der Waals surface area contributed by atoms with E-state index in [0.717, 1.165) is 12.1 Å². The highest BCUT2D eigenvalue weighted by atomic mass is 19.4. The van der Waals surface area contributed by atoms with Gasteiger partial charge in [-0.2, -0.15) is 13.2 Å². The summed E-state index contributed by atoms with van der Waals surface area (Å²) in [4.78, 5) is 13.4. The molecule has 28 heavy (non-hydrogen) atoms. The second-order valence-electron chi connectivity index (χ2n) is 6.72. The predicted molar refractivity (Wildman–Crippen MR) is 103 cm³/mol. The van der Waals surface area contributed by atoms with Crippen molar-refractivity contribution in [1.29, 1.82) is 0 Å². The number of nitrogens with one attached hydrogen (secondary N) is 1. The summed E-state index contributed by atoms with van der Waals surface area (Å²) in [6.07, 6.45) is -1.41. The van der Waals surface area contributed by atoms with Gasteiger partial charge >= 0.3 is 6.18 Å². The number of likely N-dealkylation sites (N-methyl/N-ethyl adjacent to an activating group) is 1. The molecule has 0 radical (unpaired) electrons. The Morgan fingerprint density at radius 2 is 1.82 bits per heavy atom. The number of carbonyl (C=O) groups excluding carboxylic acids is 1. The first-order chi connectivity index (χ1) is 13.0. The first kappa shape index (κ1) is 21.2. The lowest BCUT2D eigenvalue weighted by Gasteiger charge is -2.16. The standard InChI is InChI=1S/C19H24F3N5O/c1-11-7-13(19(20,21)22)8-12(2)17(11)25-18(24)14-5-6-27(15(14)9-23)10-16(28)26(3)4/h5-9,25H,10,23-24H2,1-4H3/b15-9+,18-14+. The van der Waals surface area contributed by atoms with Crippen molar-refractivity contribution in [3.8, 4) is 0 Å². The van der Waals surface area contributed by atoms with E-state index in [9.17, 15) is 18.0 Å². The number of nitrogens with zero attached hydrogens (tertiary/aromatic N) is 2. The molecule has 0 atom stereocenters. The lowest BCUT2D eigenvalue weighted by Crippen LogP contribution is -2.38. The number of hydrogen-bond acceptors (Lipinski definition) is 4. The van der Waals surface area contributed by atoms with Crippen molar-refractivity contribution < 1.29 is 18.0 Å². The Kier molecular flexibility index (Phi) is 5.96. The van der Waals surface area contributed by atoms with Gasteiger partial charge in [0.05, 0.1) is 10.9 Å². The highest BCUT2D eigenvalue weighted by Crippen LogP contribution is 2.33. The van der Waals surface area contributed by atoms with E-state index >= 15 is 0 Å². The van der Waals surface area contributed by atoms with Gasteiger partial charge < -0.3 is 26.3 Å². The van der Waals surface area contributed by atoms with Crippen LogP contribution in [0.25, 0.3) is 12.0 Å². The van der Waals surface area contributed by atoms with Crippen molar-refractivity contribution in [2.45, 2.75) is 26.6 Å². The quantitative estimate of drug-likeness (QED) is 0.722. The van der Waals surface area contributed by atoms with Crippen LogP contribution in [0.5, 0.6) is 0 Å². The van der Waals surface area contributed by atoms with Gasteiger partial charge in [0.1, 0.15) is 12.4 Å². The van der Waals surface area contributed by atoms with E-state index in [-0.39, 0.29) is 18.3 Å². The van der Waals surface area contributed by atoms with E-state index in [1.165, 1.54) is 11.1 Å². The summed E-state index contributed by atoms with van der Waals surface area (Å²) in [5.74, 6) is 0.102. The molecule has 0 unspecified atom stereocenters. The molecule has 0 spiro atoms. The van der Waals surface area contributed by atoms with Gasteiger partial charge in [-0.3, -0.25) is 4.79 Å². The molecular formula is C19H24F3N5O. The molecular weight excluding hydrogens is 371 g/mol. The van der Waals surface area contributed by atoms with Crippen molar-refractivity contribution >= 4 is 23.6 Å². The van der Waals surface area contributed by atoms with E-state index in [1.807, 2.05) is 0 Å². The van der Waals surface area contributed by atoms with Gasteiger partial charge in [-0.25, -0.2) is 0 Å². The number of aromatic nitrogens is 1. The predicted octanol–water partition coefficient (Wildman–Crippen LogP) is 1.05. The maximum atomic E-state index is 13.0. The van der Waals surface area contributed by atoms with Crippen LogP contribution in [0.2, 0.25) is 0 Å². The van der Waals surface area contributed by atoms with Crippen LogP contribution in [0.3, 0.4) is 0 Å². The van der Waals surface area contributed by atoms with Gasteiger partial charge in [-0.05, 0) is 43.2 Å². The minimum Gasteiger partial charge on any atom is -0.403 e. The molecule has 0 bridgehead atoms. The second kappa shape index (κ2) is 7.87. The minimum absolute atomic E-state index is 0.0850. The number of anilines is 1. The maximum absolute atomic E-state index is 13.0. The molecule has 1 amide bonds. The molecule has 6 nitrogen and oxygen atoms in total. The number of rotatable bonds is 4. The van der Waals surface area contributed by atoms with Crippen LogP contribution in [0.15, 0.2) is 24.4 Å². The monoisotopic (exact) mass is 395 g/mol. The van der Waals surface area contributed by atoms with Gasteiger partial charge in [0.15, 0.2) is 0 Å². The van der Waals surface area contributed by atoms with E-state index < -0.39 is 11.7 Å². The first-order valence-corrected chi connectivity index (χ1v) is 8.48. The fourth-order valence-corrected chi connectivity index (χ4v) is 2.85. The lowest BCUT2D eigenvalue weighted by molar-refractivity contribution is -0.137. The van der Waals surface area contributed by atoms with Crippen molar-refractivity contribution in [3.63, 3.8) is 0 Å². The van der Waals surface area contributed by atoms with Gasteiger partial charge in [-0.1, -0.05) is 0 Å². The molecule has 1 aromatic heterocycles. The third kappa shape index (κ3) is 4.41. The van der Waals surface area contributed by atoms with Gasteiger partial charge in [-0.15, -0.1) is 0 Å². The van der Waals surface area contributed by atoms with E-state index in [0.29, 0.717) is 27.4 Å². The Bertz CT molecular complexity index is 983. The van der Waals surface area contributed by atoms with Gasteiger partial charge in [0, 0.05) is 37.4 Å². The number of aryl methyl sites for hydroxylation is 2. The number of halogens is 3. The first-order valence-electron chi connectivity index (χ1n) is 8.48. The average Bonchev–Trinajstić information content (AvgIpc) is 2.99. The molecule has 5 N–H and O–H groups in total. The molecule has 152 valence electrons. The summed E-state index contributed by atoms with van der Waals surface area (Å²) in [7, 11) is 3.30. The summed E-state index contributed by atoms with van der Waals surface area (Å²) >= 11 is 0. The molecule has 0 aliphatic rings. The van der Waals surface area contributed by atoms with Crippen LogP contribution < -0.4 is 27.4 Å². The van der Waals surface area contributed by atoms with Crippen LogP contribution in [0.1, 0.15) is 16.7 Å². The van der Waals surface area contributed by atoms with Crippen molar-refractivity contribution in [2.24, 2.45) is 11.5 Å². The second-order valence-corrected chi connectivity index (χ2v) is 6.72. The number of alkyl halides is 3. The van der Waals surface area contributed by atoms with Crippen LogP contribution in [0, 0.1) is 13.8 Å². The van der Waals surface area contributed by atoms with Crippen LogP contribution in [-0.4, -0.2) is 29.5 Å². The average molecular weight is 395 g/mol. The maximum Gasteiger partial charge on any atom is 0.416 e. The van der Waals surface area contributed by atoms with Crippen LogP contribution >= 0.6 is 0 Å². The van der Waals surface area contributed by atoms with Crippen molar-refractivity contribution in [3.05, 3.63) is 51.7 Å². The summed E-state index contributed by atoms with van der Waals surface area (Å²) in [5, 5.41) is 4.06. The van der Waals surface area contributed by atoms with Gasteiger partial charge in [0.25, 0.3) is 0 Å². The van der Waals surface area contributed by atoms with E-state index in [1.54, 1.807) is 44.8 Å². The fraction of sp³-hybridized carbons (Fsp3) is 0.316. The Morgan fingerprint density at radius 1 is 1.25 bits per heavy atom. The Labute approximate surface area is 160 Å². The summed E-state index contributed by atoms with van der Waals surface area (Å²) in [6.45, 7) is 3.24.